The molecule has 1 aromatic carbocycles. The van der Waals surface area contributed by atoms with Crippen LogP contribution >= 0.6 is 11.3 Å². The van der Waals surface area contributed by atoms with E-state index in [0.717, 1.165) is 40.2 Å². The van der Waals surface area contributed by atoms with Gasteiger partial charge in [0.2, 0.25) is 5.82 Å². The predicted molar refractivity (Wildman–Crippen MR) is 117 cm³/mol. The van der Waals surface area contributed by atoms with Crippen molar-refractivity contribution in [2.75, 3.05) is 6.61 Å². The highest BCUT2D eigenvalue weighted by Crippen LogP contribution is 2.42. The summed E-state index contributed by atoms with van der Waals surface area (Å²) in [5.74, 6) is 0.958. The number of hydrogen-bond donors (Lipinski definition) is 2. The quantitative estimate of drug-likeness (QED) is 0.558. The minimum atomic E-state index is -0.556. The van der Waals surface area contributed by atoms with Crippen molar-refractivity contribution in [1.29, 1.82) is 0 Å². The summed E-state index contributed by atoms with van der Waals surface area (Å²) >= 11 is 1.62. The second-order valence-corrected chi connectivity index (χ2v) is 8.68. The molecule has 0 saturated heterocycles. The van der Waals surface area contributed by atoms with E-state index in [1.54, 1.807) is 11.3 Å². The fraction of sp³-hybridized carbons (Fsp3) is 0.364. The van der Waals surface area contributed by atoms with E-state index < -0.39 is 5.54 Å². The monoisotopic (exact) mass is 423 g/mol. The van der Waals surface area contributed by atoms with Gasteiger partial charge < -0.3 is 10.1 Å². The maximum Gasteiger partial charge on any atom is 0.256 e. The van der Waals surface area contributed by atoms with E-state index in [1.165, 1.54) is 0 Å². The molecule has 1 amide bonds. The van der Waals surface area contributed by atoms with E-state index >= 15 is 0 Å². The molecular formula is C22H25N5O2S. The van der Waals surface area contributed by atoms with Crippen LogP contribution in [0.5, 0.6) is 5.75 Å². The molecule has 3 heterocycles. The maximum atomic E-state index is 13.2. The summed E-state index contributed by atoms with van der Waals surface area (Å²) in [6, 6.07) is 10.1. The van der Waals surface area contributed by atoms with Gasteiger partial charge in [0.05, 0.1) is 17.7 Å². The summed E-state index contributed by atoms with van der Waals surface area (Å²) in [5.41, 5.74) is 3.04. The number of carbonyl (C=O) groups is 1. The molecule has 156 valence electrons. The molecule has 1 atom stereocenters. The summed E-state index contributed by atoms with van der Waals surface area (Å²) in [5, 5.41) is 19.5. The van der Waals surface area contributed by atoms with Crippen molar-refractivity contribution >= 4 is 28.4 Å². The highest BCUT2D eigenvalue weighted by atomic mass is 32.1. The van der Waals surface area contributed by atoms with Crippen molar-refractivity contribution in [3.63, 3.8) is 0 Å². The van der Waals surface area contributed by atoms with Crippen LogP contribution < -0.4 is 10.1 Å². The lowest BCUT2D eigenvalue weighted by Crippen LogP contribution is -2.47. The van der Waals surface area contributed by atoms with Gasteiger partial charge in [-0.25, -0.2) is 0 Å². The highest BCUT2D eigenvalue weighted by molar-refractivity contribution is 7.11. The van der Waals surface area contributed by atoms with Crippen LogP contribution in [0.4, 0.5) is 0 Å². The standard InChI is InChI=1S/C22H25N5O2S/c1-4-5-10-29-16-8-6-15(7-9-16)22(3)12-17(18-11-14(2)13-30-18)19(21(28)23-22)20-24-26-27-25-20/h6-9,11,13H,4-5,10,12H2,1-3H3,(H,23,28)(H,24,25,26,27)/t22-/m0/s1. The molecule has 4 rings (SSSR count). The van der Waals surface area contributed by atoms with Crippen LogP contribution in [0, 0.1) is 6.92 Å². The van der Waals surface area contributed by atoms with E-state index in [-0.39, 0.29) is 5.91 Å². The van der Waals surface area contributed by atoms with Crippen LogP contribution in [-0.4, -0.2) is 33.1 Å². The molecule has 0 saturated carbocycles. The van der Waals surface area contributed by atoms with Crippen LogP contribution in [0.3, 0.4) is 0 Å². The van der Waals surface area contributed by atoms with Crippen molar-refractivity contribution in [2.45, 2.75) is 45.6 Å². The molecule has 0 fully saturated rings. The van der Waals surface area contributed by atoms with Crippen molar-refractivity contribution in [1.82, 2.24) is 25.9 Å². The minimum Gasteiger partial charge on any atom is -0.494 e. The van der Waals surface area contributed by atoms with E-state index in [1.807, 2.05) is 38.1 Å². The van der Waals surface area contributed by atoms with Gasteiger partial charge in [0.1, 0.15) is 5.75 Å². The van der Waals surface area contributed by atoms with Crippen molar-refractivity contribution in [3.8, 4) is 5.75 Å². The van der Waals surface area contributed by atoms with Gasteiger partial charge in [-0.2, -0.15) is 5.21 Å². The zero-order chi connectivity index (χ0) is 21.1. The second-order valence-electron chi connectivity index (χ2n) is 7.77. The van der Waals surface area contributed by atoms with Crippen LogP contribution in [-0.2, 0) is 10.3 Å². The lowest BCUT2D eigenvalue weighted by Gasteiger charge is -2.37. The Kier molecular flexibility index (Phi) is 5.67. The summed E-state index contributed by atoms with van der Waals surface area (Å²) in [6.07, 6.45) is 2.75. The molecule has 0 bridgehead atoms. The Morgan fingerprint density at radius 1 is 1.27 bits per heavy atom. The number of nitrogens with one attached hydrogen (secondary N) is 2. The number of carbonyl (C=O) groups excluding carboxylic acids is 1. The normalized spacial score (nSPS) is 19.1. The Bertz CT molecular complexity index is 1060. The summed E-state index contributed by atoms with van der Waals surface area (Å²) in [7, 11) is 0. The second kappa shape index (κ2) is 8.39. The first kappa shape index (κ1) is 20.3. The number of rotatable bonds is 7. The molecule has 8 heteroatoms. The number of amides is 1. The van der Waals surface area contributed by atoms with Gasteiger partial charge >= 0.3 is 0 Å². The molecule has 1 aliphatic rings. The average molecular weight is 424 g/mol. The van der Waals surface area contributed by atoms with E-state index in [2.05, 4.69) is 44.3 Å². The van der Waals surface area contributed by atoms with Crippen molar-refractivity contribution in [3.05, 3.63) is 57.5 Å². The first-order valence-electron chi connectivity index (χ1n) is 10.1. The first-order valence-corrected chi connectivity index (χ1v) is 11.0. The smallest absolute Gasteiger partial charge is 0.256 e. The Morgan fingerprint density at radius 3 is 2.70 bits per heavy atom. The molecule has 30 heavy (non-hydrogen) atoms. The van der Waals surface area contributed by atoms with E-state index in [9.17, 15) is 4.79 Å². The minimum absolute atomic E-state index is 0.200. The van der Waals surface area contributed by atoms with Crippen LogP contribution in [0.2, 0.25) is 0 Å². The number of H-pyrrole nitrogens is 1. The average Bonchev–Trinajstić information content (AvgIpc) is 3.40. The van der Waals surface area contributed by atoms with Gasteiger partial charge in [-0.1, -0.05) is 25.5 Å². The number of hydrogen-bond acceptors (Lipinski definition) is 6. The third kappa shape index (κ3) is 4.00. The summed E-state index contributed by atoms with van der Waals surface area (Å²) in [6.45, 7) is 6.95. The van der Waals surface area contributed by atoms with Gasteiger partial charge in [0.25, 0.3) is 5.91 Å². The molecular weight excluding hydrogens is 398 g/mol. The fourth-order valence-corrected chi connectivity index (χ4v) is 4.62. The number of tetrazole rings is 1. The zero-order valence-electron chi connectivity index (χ0n) is 17.4. The number of aromatic amines is 1. The highest BCUT2D eigenvalue weighted by Gasteiger charge is 2.39. The third-order valence-corrected chi connectivity index (χ3v) is 6.41. The number of aryl methyl sites for hydroxylation is 1. The largest absolute Gasteiger partial charge is 0.494 e. The van der Waals surface area contributed by atoms with Gasteiger partial charge in [-0.15, -0.1) is 21.5 Å². The first-order chi connectivity index (χ1) is 14.5. The molecule has 0 unspecified atom stereocenters. The number of benzene rings is 1. The van der Waals surface area contributed by atoms with Gasteiger partial charge in [0.15, 0.2) is 0 Å². The van der Waals surface area contributed by atoms with E-state index in [0.29, 0.717) is 24.4 Å². The number of ether oxygens (including phenoxy) is 1. The fourth-order valence-electron chi connectivity index (χ4n) is 3.67. The maximum absolute atomic E-state index is 13.2. The zero-order valence-corrected chi connectivity index (χ0v) is 18.2. The molecule has 3 aromatic rings. The van der Waals surface area contributed by atoms with Gasteiger partial charge in [0, 0.05) is 11.3 Å². The number of thiophene rings is 1. The lowest BCUT2D eigenvalue weighted by molar-refractivity contribution is -0.117. The molecule has 0 radical (unpaired) electrons. The molecule has 7 nitrogen and oxygen atoms in total. The van der Waals surface area contributed by atoms with Crippen molar-refractivity contribution < 1.29 is 9.53 Å². The van der Waals surface area contributed by atoms with Crippen LogP contribution in [0.1, 0.15) is 54.9 Å². The lowest BCUT2D eigenvalue weighted by atomic mass is 9.80. The molecule has 2 aromatic heterocycles. The SMILES string of the molecule is CCCCOc1ccc([C@]2(C)CC(c3cc(C)cs3)=C(c3nn[nH]n3)C(=O)N2)cc1. The number of unbranched alkanes of at least 4 members (excludes halogenated alkanes) is 1. The Hall–Kier alpha value is -3.00. The summed E-state index contributed by atoms with van der Waals surface area (Å²) < 4.78 is 5.78. The molecule has 2 N–H and O–H groups in total. The molecule has 1 aliphatic heterocycles. The van der Waals surface area contributed by atoms with Gasteiger partial charge in [-0.3, -0.25) is 4.79 Å². The molecule has 0 aliphatic carbocycles. The van der Waals surface area contributed by atoms with Gasteiger partial charge in [-0.05, 0) is 65.8 Å². The third-order valence-electron chi connectivity index (χ3n) is 5.30. The van der Waals surface area contributed by atoms with E-state index in [4.69, 9.17) is 4.74 Å². The van der Waals surface area contributed by atoms with Crippen LogP contribution in [0.25, 0.3) is 11.1 Å². The van der Waals surface area contributed by atoms with Crippen LogP contribution in [0.15, 0.2) is 35.7 Å². The Morgan fingerprint density at radius 2 is 2.07 bits per heavy atom. The number of nitrogens with zero attached hydrogens (tertiary/aromatic N) is 3. The number of aromatic nitrogens is 4. The Labute approximate surface area is 179 Å². The molecule has 0 spiro atoms. The predicted octanol–water partition coefficient (Wildman–Crippen LogP) is 4.09. The van der Waals surface area contributed by atoms with Crippen molar-refractivity contribution in [2.24, 2.45) is 0 Å². The Balaban J connectivity index is 1.69. The topological polar surface area (TPSA) is 92.8 Å². The summed E-state index contributed by atoms with van der Waals surface area (Å²) in [4.78, 5) is 14.3.